The topological polar surface area (TPSA) is 64.3 Å². The maximum Gasteiger partial charge on any atom is 0.259 e. The smallest absolute Gasteiger partial charge is 0.259 e. The number of amides is 1. The third-order valence-corrected chi connectivity index (χ3v) is 3.86. The van der Waals surface area contributed by atoms with Crippen LogP contribution in [0.3, 0.4) is 0 Å². The van der Waals surface area contributed by atoms with E-state index in [1.807, 2.05) is 12.1 Å². The highest BCUT2D eigenvalue weighted by molar-refractivity contribution is 9.11. The molecule has 4 nitrogen and oxygen atoms in total. The highest BCUT2D eigenvalue weighted by Gasteiger charge is 2.15. The largest absolute Gasteiger partial charge is 0.494 e. The predicted octanol–water partition coefficient (Wildman–Crippen LogP) is 4.05. The Kier molecular flexibility index (Phi) is 4.67. The molecule has 0 spiro atoms. The first-order valence-electron chi connectivity index (χ1n) is 5.72. The van der Waals surface area contributed by atoms with Crippen molar-refractivity contribution in [1.82, 2.24) is 0 Å². The van der Waals surface area contributed by atoms with Crippen molar-refractivity contribution in [3.8, 4) is 5.75 Å². The summed E-state index contributed by atoms with van der Waals surface area (Å²) in [6, 6.07) is 10.6. The van der Waals surface area contributed by atoms with Gasteiger partial charge < -0.3 is 15.8 Å². The van der Waals surface area contributed by atoms with Crippen LogP contribution in [0.5, 0.6) is 5.75 Å². The highest BCUT2D eigenvalue weighted by atomic mass is 79.9. The van der Waals surface area contributed by atoms with Crippen LogP contribution in [0.2, 0.25) is 0 Å². The van der Waals surface area contributed by atoms with Gasteiger partial charge in [0.15, 0.2) is 5.75 Å². The molecule has 20 heavy (non-hydrogen) atoms. The summed E-state index contributed by atoms with van der Waals surface area (Å²) in [5, 5.41) is 2.82. The fraction of sp³-hybridized carbons (Fsp3) is 0.0714. The fourth-order valence-corrected chi connectivity index (χ4v) is 2.45. The van der Waals surface area contributed by atoms with Gasteiger partial charge in [0, 0.05) is 8.95 Å². The van der Waals surface area contributed by atoms with Crippen molar-refractivity contribution < 1.29 is 9.53 Å². The van der Waals surface area contributed by atoms with E-state index in [0.717, 1.165) is 8.95 Å². The molecule has 0 saturated heterocycles. The molecule has 2 aromatic rings. The lowest BCUT2D eigenvalue weighted by atomic mass is 10.1. The summed E-state index contributed by atoms with van der Waals surface area (Å²) < 4.78 is 6.84. The Morgan fingerprint density at radius 2 is 2.00 bits per heavy atom. The Hall–Kier alpha value is -1.53. The van der Waals surface area contributed by atoms with E-state index in [2.05, 4.69) is 37.2 Å². The Morgan fingerprint density at radius 3 is 2.70 bits per heavy atom. The second-order valence-corrected chi connectivity index (χ2v) is 5.78. The maximum absolute atomic E-state index is 12.3. The molecule has 0 aromatic heterocycles. The number of nitrogens with two attached hydrogens (primary N) is 1. The summed E-state index contributed by atoms with van der Waals surface area (Å²) in [4.78, 5) is 12.3. The minimum absolute atomic E-state index is 0.284. The molecule has 104 valence electrons. The average Bonchev–Trinajstić information content (AvgIpc) is 2.42. The number of carbonyl (C=O) groups excluding carboxylic acids is 1. The van der Waals surface area contributed by atoms with Crippen molar-refractivity contribution in [2.24, 2.45) is 0 Å². The van der Waals surface area contributed by atoms with Crippen molar-refractivity contribution in [1.29, 1.82) is 0 Å². The number of hydrogen-bond donors (Lipinski definition) is 2. The number of nitrogen functional groups attached to an aromatic ring is 1. The first kappa shape index (κ1) is 14.9. The molecule has 0 aliphatic heterocycles. The molecule has 2 aromatic carbocycles. The summed E-state index contributed by atoms with van der Waals surface area (Å²) in [7, 11) is 1.48. The van der Waals surface area contributed by atoms with E-state index in [1.54, 1.807) is 24.3 Å². The van der Waals surface area contributed by atoms with Gasteiger partial charge in [0.1, 0.15) is 0 Å². The van der Waals surface area contributed by atoms with Crippen LogP contribution in [-0.4, -0.2) is 13.0 Å². The second-order valence-electron chi connectivity index (χ2n) is 4.01. The van der Waals surface area contributed by atoms with Crippen LogP contribution < -0.4 is 15.8 Å². The van der Waals surface area contributed by atoms with E-state index in [1.165, 1.54) is 7.11 Å². The molecule has 0 heterocycles. The van der Waals surface area contributed by atoms with Crippen LogP contribution in [0.1, 0.15) is 10.4 Å². The van der Waals surface area contributed by atoms with E-state index in [4.69, 9.17) is 10.5 Å². The molecule has 0 unspecified atom stereocenters. The van der Waals surface area contributed by atoms with Crippen molar-refractivity contribution in [3.05, 3.63) is 50.9 Å². The molecule has 0 fully saturated rings. The number of rotatable bonds is 3. The number of ether oxygens (including phenoxy) is 1. The van der Waals surface area contributed by atoms with Crippen LogP contribution in [0.4, 0.5) is 11.4 Å². The molecular weight excluding hydrogens is 388 g/mol. The number of hydrogen-bond acceptors (Lipinski definition) is 3. The molecule has 2 rings (SSSR count). The number of benzene rings is 2. The van der Waals surface area contributed by atoms with Gasteiger partial charge in [-0.3, -0.25) is 4.79 Å². The maximum atomic E-state index is 12.3. The zero-order valence-corrected chi connectivity index (χ0v) is 13.8. The molecule has 0 aliphatic carbocycles. The van der Waals surface area contributed by atoms with E-state index in [9.17, 15) is 4.79 Å². The zero-order valence-electron chi connectivity index (χ0n) is 10.6. The lowest BCUT2D eigenvalue weighted by molar-refractivity contribution is 0.102. The molecule has 6 heteroatoms. The highest BCUT2D eigenvalue weighted by Crippen LogP contribution is 2.29. The third-order valence-electron chi connectivity index (χ3n) is 2.67. The number of halogens is 2. The van der Waals surface area contributed by atoms with Gasteiger partial charge in [-0.2, -0.15) is 0 Å². The lowest BCUT2D eigenvalue weighted by Crippen LogP contribution is -2.14. The molecule has 0 aliphatic rings. The number of methoxy groups -OCH3 is 1. The predicted molar refractivity (Wildman–Crippen MR) is 87.2 cm³/mol. The quantitative estimate of drug-likeness (QED) is 0.765. The van der Waals surface area contributed by atoms with E-state index in [0.29, 0.717) is 22.7 Å². The van der Waals surface area contributed by atoms with E-state index in [-0.39, 0.29) is 5.91 Å². The van der Waals surface area contributed by atoms with Crippen molar-refractivity contribution in [2.45, 2.75) is 0 Å². The molecule has 0 atom stereocenters. The van der Waals surface area contributed by atoms with Gasteiger partial charge in [-0.15, -0.1) is 0 Å². The van der Waals surface area contributed by atoms with Gasteiger partial charge in [0.25, 0.3) is 5.91 Å². The van der Waals surface area contributed by atoms with Gasteiger partial charge in [-0.1, -0.05) is 22.0 Å². The summed E-state index contributed by atoms with van der Waals surface area (Å²) in [6.45, 7) is 0. The van der Waals surface area contributed by atoms with Crippen LogP contribution in [0, 0.1) is 0 Å². The summed E-state index contributed by atoms with van der Waals surface area (Å²) >= 11 is 6.76. The minimum atomic E-state index is -0.284. The molecular formula is C14H12Br2N2O2. The minimum Gasteiger partial charge on any atom is -0.494 e. The molecule has 0 radical (unpaired) electrons. The Labute approximate surface area is 133 Å². The molecule has 3 N–H and O–H groups in total. The normalized spacial score (nSPS) is 10.2. The van der Waals surface area contributed by atoms with Crippen molar-refractivity contribution >= 4 is 49.1 Å². The molecule has 1 amide bonds. The number of nitrogens with one attached hydrogen (secondary N) is 1. The van der Waals surface area contributed by atoms with Gasteiger partial charge >= 0.3 is 0 Å². The first-order chi connectivity index (χ1) is 9.52. The van der Waals surface area contributed by atoms with Gasteiger partial charge in [0.2, 0.25) is 0 Å². The molecule has 0 bridgehead atoms. The van der Waals surface area contributed by atoms with Crippen LogP contribution in [-0.2, 0) is 0 Å². The van der Waals surface area contributed by atoms with Gasteiger partial charge in [0.05, 0.1) is 24.0 Å². The Balaban J connectivity index is 2.33. The monoisotopic (exact) mass is 398 g/mol. The third kappa shape index (κ3) is 3.13. The average molecular weight is 400 g/mol. The fourth-order valence-electron chi connectivity index (χ4n) is 1.74. The SMILES string of the molecule is COc1c(N)cccc1C(=O)Nc1cc(Br)ccc1Br. The summed E-state index contributed by atoms with van der Waals surface area (Å²) in [5.74, 6) is 0.0871. The number of carbonyl (C=O) groups is 1. The van der Waals surface area contributed by atoms with Crippen LogP contribution in [0.15, 0.2) is 45.3 Å². The Bertz CT molecular complexity index is 660. The van der Waals surface area contributed by atoms with E-state index < -0.39 is 0 Å². The van der Waals surface area contributed by atoms with Crippen molar-refractivity contribution in [3.63, 3.8) is 0 Å². The summed E-state index contributed by atoms with van der Waals surface area (Å²) in [6.07, 6.45) is 0. The van der Waals surface area contributed by atoms with Crippen molar-refractivity contribution in [2.75, 3.05) is 18.2 Å². The van der Waals surface area contributed by atoms with E-state index >= 15 is 0 Å². The zero-order chi connectivity index (χ0) is 14.7. The number of para-hydroxylation sites is 1. The summed E-state index contributed by atoms with van der Waals surface area (Å²) in [5.41, 5.74) is 7.27. The standard InChI is InChI=1S/C14H12Br2N2O2/c1-20-13-9(3-2-4-11(13)17)14(19)18-12-7-8(15)5-6-10(12)16/h2-7H,17H2,1H3,(H,18,19). The Morgan fingerprint density at radius 1 is 1.25 bits per heavy atom. The number of anilines is 2. The van der Waals surface area contributed by atoms with Gasteiger partial charge in [-0.25, -0.2) is 0 Å². The lowest BCUT2D eigenvalue weighted by Gasteiger charge is -2.12. The molecule has 0 saturated carbocycles. The second kappa shape index (κ2) is 6.28. The van der Waals surface area contributed by atoms with Crippen LogP contribution >= 0.6 is 31.9 Å². The van der Waals surface area contributed by atoms with Crippen LogP contribution in [0.25, 0.3) is 0 Å². The first-order valence-corrected chi connectivity index (χ1v) is 7.30. The van der Waals surface area contributed by atoms with Gasteiger partial charge in [-0.05, 0) is 46.3 Å².